The van der Waals surface area contributed by atoms with Gasteiger partial charge in [0.2, 0.25) is 5.91 Å². The second-order valence-electron chi connectivity index (χ2n) is 8.56. The summed E-state index contributed by atoms with van der Waals surface area (Å²) in [6.07, 6.45) is 7.69. The Kier molecular flexibility index (Phi) is 12.9. The summed E-state index contributed by atoms with van der Waals surface area (Å²) < 4.78 is 11.4. The third kappa shape index (κ3) is 7.74. The number of ether oxygens (including phenoxy) is 2. The number of hydrogen-bond acceptors (Lipinski definition) is 3. The summed E-state index contributed by atoms with van der Waals surface area (Å²) in [6, 6.07) is 8.13. The maximum absolute atomic E-state index is 12.3. The van der Waals surface area contributed by atoms with E-state index in [2.05, 4.69) is 55.9 Å². The molecular formula is C30H45NO3S. The van der Waals surface area contributed by atoms with E-state index in [9.17, 15) is 4.79 Å². The Labute approximate surface area is 214 Å². The van der Waals surface area contributed by atoms with Gasteiger partial charge in [0.05, 0.1) is 12.5 Å². The van der Waals surface area contributed by atoms with Gasteiger partial charge in [0, 0.05) is 24.5 Å². The largest absolute Gasteiger partial charge is 0.494 e. The molecule has 0 aromatic heterocycles. The molecule has 0 saturated carbocycles. The molecule has 0 spiro atoms. The second-order valence-corrected chi connectivity index (χ2v) is 11.6. The van der Waals surface area contributed by atoms with Gasteiger partial charge in [-0.2, -0.15) is 9.21 Å². The molecule has 1 heterocycles. The quantitative estimate of drug-likeness (QED) is 0.151. The van der Waals surface area contributed by atoms with E-state index in [1.165, 1.54) is 0 Å². The molecule has 1 N–H and O–H groups in total. The van der Waals surface area contributed by atoms with Gasteiger partial charge in [-0.25, -0.2) is 0 Å². The van der Waals surface area contributed by atoms with Crippen LogP contribution in [0.5, 0.6) is 5.75 Å². The Morgan fingerprint density at radius 3 is 2.31 bits per heavy atom. The Balaban J connectivity index is 0.00000298. The van der Waals surface area contributed by atoms with Crippen LogP contribution >= 0.6 is 9.21 Å². The summed E-state index contributed by atoms with van der Waals surface area (Å²) in [7, 11) is -1.60. The molecular weight excluding hydrogens is 454 g/mol. The normalized spacial score (nSPS) is 16.2. The second kappa shape index (κ2) is 14.8. The van der Waals surface area contributed by atoms with E-state index in [-0.39, 0.29) is 16.6 Å². The van der Waals surface area contributed by atoms with Crippen molar-refractivity contribution in [1.29, 1.82) is 0 Å². The van der Waals surface area contributed by atoms with Crippen LogP contribution in [0.15, 0.2) is 78.3 Å². The molecule has 1 amide bonds. The highest BCUT2D eigenvalue weighted by molar-refractivity contribution is 8.29. The van der Waals surface area contributed by atoms with Gasteiger partial charge >= 0.3 is 0 Å². The lowest BCUT2D eigenvalue weighted by Gasteiger charge is -2.44. The molecule has 1 aliphatic rings. The van der Waals surface area contributed by atoms with Gasteiger partial charge in [0.25, 0.3) is 0 Å². The standard InChI is InChI=1S/C28H39NO3S.C2H6/c1-8-11-24(9-2)23(5)27(30)29-18-10-19-32-25-12-14-26(15-13-25)33(6,7)28(22(3)4)16-20-31-21-17-28;1-2/h8-9,11-15,23H,1-3,6-7,10,16-21H2,4-5H3,(H,29,30);1-2H3/b24-11+;. The zero-order valence-corrected chi connectivity index (χ0v) is 23.1. The Hall–Kier alpha value is -2.50. The topological polar surface area (TPSA) is 47.6 Å². The van der Waals surface area contributed by atoms with Crippen LogP contribution in [0.2, 0.25) is 0 Å². The number of carbonyl (C=O) groups is 1. The smallest absolute Gasteiger partial charge is 0.227 e. The summed E-state index contributed by atoms with van der Waals surface area (Å²) in [5, 5.41) is 2.95. The first-order chi connectivity index (χ1) is 16.7. The minimum absolute atomic E-state index is 0.0305. The predicted molar refractivity (Wildman–Crippen MR) is 156 cm³/mol. The number of allylic oxidation sites excluding steroid dienone is 3. The van der Waals surface area contributed by atoms with Crippen molar-refractivity contribution < 1.29 is 14.3 Å². The van der Waals surface area contributed by atoms with Gasteiger partial charge in [-0.3, -0.25) is 4.79 Å². The van der Waals surface area contributed by atoms with Crippen LogP contribution in [-0.2, 0) is 9.53 Å². The fourth-order valence-electron chi connectivity index (χ4n) is 4.18. The average molecular weight is 500 g/mol. The van der Waals surface area contributed by atoms with Gasteiger partial charge in [-0.15, -0.1) is 0 Å². The molecule has 1 atom stereocenters. The minimum atomic E-state index is -1.60. The van der Waals surface area contributed by atoms with Gasteiger partial charge < -0.3 is 14.8 Å². The van der Waals surface area contributed by atoms with Gasteiger partial charge in [-0.05, 0) is 67.8 Å². The van der Waals surface area contributed by atoms with E-state index < -0.39 is 9.21 Å². The predicted octanol–water partition coefficient (Wildman–Crippen LogP) is 6.69. The van der Waals surface area contributed by atoms with E-state index in [4.69, 9.17) is 9.47 Å². The lowest BCUT2D eigenvalue weighted by Crippen LogP contribution is -2.37. The number of rotatable bonds is 12. The van der Waals surface area contributed by atoms with Crippen molar-refractivity contribution in [3.05, 3.63) is 73.4 Å². The Bertz CT molecular complexity index is 981. The summed E-state index contributed by atoms with van der Waals surface area (Å²) in [5.41, 5.74) is 1.99. The van der Waals surface area contributed by atoms with Crippen molar-refractivity contribution in [1.82, 2.24) is 5.32 Å². The summed E-state index contributed by atoms with van der Waals surface area (Å²) in [6.45, 7) is 22.2. The molecule has 1 aromatic rings. The molecule has 1 aromatic carbocycles. The number of nitrogens with one attached hydrogen (secondary N) is 1. The molecule has 1 aliphatic heterocycles. The van der Waals surface area contributed by atoms with Crippen molar-refractivity contribution in [3.63, 3.8) is 0 Å². The Morgan fingerprint density at radius 2 is 1.80 bits per heavy atom. The van der Waals surface area contributed by atoms with Crippen LogP contribution in [0.25, 0.3) is 0 Å². The van der Waals surface area contributed by atoms with Crippen LogP contribution in [0, 0.1) is 5.92 Å². The van der Waals surface area contributed by atoms with Crippen molar-refractivity contribution in [2.45, 2.75) is 56.6 Å². The monoisotopic (exact) mass is 499 g/mol. The van der Waals surface area contributed by atoms with Crippen LogP contribution in [-0.4, -0.2) is 48.8 Å². The van der Waals surface area contributed by atoms with E-state index in [0.717, 1.165) is 47.8 Å². The molecule has 35 heavy (non-hydrogen) atoms. The van der Waals surface area contributed by atoms with E-state index in [1.807, 2.05) is 32.9 Å². The highest BCUT2D eigenvalue weighted by atomic mass is 32.2. The van der Waals surface area contributed by atoms with Crippen molar-refractivity contribution in [3.8, 4) is 5.75 Å². The van der Waals surface area contributed by atoms with Gasteiger partial charge in [0.15, 0.2) is 0 Å². The Morgan fingerprint density at radius 1 is 1.20 bits per heavy atom. The van der Waals surface area contributed by atoms with Gasteiger partial charge in [0.1, 0.15) is 5.75 Å². The maximum atomic E-state index is 12.3. The van der Waals surface area contributed by atoms with Gasteiger partial charge in [-0.1, -0.05) is 69.1 Å². The molecule has 4 nitrogen and oxygen atoms in total. The zero-order chi connectivity index (χ0) is 26.5. The number of hydrogen-bond donors (Lipinski definition) is 1. The fourth-order valence-corrected chi connectivity index (χ4v) is 6.90. The molecule has 0 bridgehead atoms. The third-order valence-electron chi connectivity index (χ3n) is 6.43. The third-order valence-corrected chi connectivity index (χ3v) is 9.86. The van der Waals surface area contributed by atoms with Crippen LogP contribution < -0.4 is 10.1 Å². The first-order valence-corrected chi connectivity index (χ1v) is 14.3. The number of amides is 1. The zero-order valence-electron chi connectivity index (χ0n) is 22.2. The first kappa shape index (κ1) is 30.5. The summed E-state index contributed by atoms with van der Waals surface area (Å²) >= 11 is 0. The molecule has 5 heteroatoms. The lowest BCUT2D eigenvalue weighted by atomic mass is 9.92. The average Bonchev–Trinajstić information content (AvgIpc) is 2.88. The van der Waals surface area contributed by atoms with E-state index >= 15 is 0 Å². The van der Waals surface area contributed by atoms with Crippen LogP contribution in [0.1, 0.15) is 47.0 Å². The number of benzene rings is 1. The molecule has 194 valence electrons. The van der Waals surface area contributed by atoms with E-state index in [0.29, 0.717) is 19.6 Å². The van der Waals surface area contributed by atoms with Crippen molar-refractivity contribution in [2.75, 3.05) is 26.4 Å². The van der Waals surface area contributed by atoms with Crippen LogP contribution in [0.3, 0.4) is 0 Å². The summed E-state index contributed by atoms with van der Waals surface area (Å²) in [5.74, 6) is 9.69. The molecule has 2 rings (SSSR count). The van der Waals surface area contributed by atoms with Crippen molar-refractivity contribution >= 4 is 26.9 Å². The SMILES string of the molecule is C=C/C=C(\C=C)C(C)C(=O)NCCCOc1ccc(S(=C)(=C)C2(C(=C)C)CCOCC2)cc1.CC. The first-order valence-electron chi connectivity index (χ1n) is 12.4. The molecule has 0 aliphatic carbocycles. The minimum Gasteiger partial charge on any atom is -0.494 e. The molecule has 1 fully saturated rings. The van der Waals surface area contributed by atoms with E-state index in [1.54, 1.807) is 18.2 Å². The summed E-state index contributed by atoms with van der Waals surface area (Å²) in [4.78, 5) is 13.4. The van der Waals surface area contributed by atoms with Crippen LogP contribution in [0.4, 0.5) is 0 Å². The molecule has 1 unspecified atom stereocenters. The molecule has 1 saturated heterocycles. The van der Waals surface area contributed by atoms with Crippen molar-refractivity contribution in [2.24, 2.45) is 5.92 Å². The fraction of sp³-hybridized carbons (Fsp3) is 0.433. The maximum Gasteiger partial charge on any atom is 0.227 e. The highest BCUT2D eigenvalue weighted by Crippen LogP contribution is 2.54. The lowest BCUT2D eigenvalue weighted by molar-refractivity contribution is -0.123. The number of carbonyl (C=O) groups excluding carboxylic acids is 1. The molecule has 0 radical (unpaired) electrons. The highest BCUT2D eigenvalue weighted by Gasteiger charge is 2.38.